The van der Waals surface area contributed by atoms with Gasteiger partial charge in [-0.25, -0.2) is 0 Å². The summed E-state index contributed by atoms with van der Waals surface area (Å²) in [4.78, 5) is 1.06. The molecule has 1 aliphatic carbocycles. The van der Waals surface area contributed by atoms with Gasteiger partial charge in [-0.15, -0.1) is 0 Å². The van der Waals surface area contributed by atoms with Crippen molar-refractivity contribution in [3.8, 4) is 5.75 Å². The fourth-order valence-corrected chi connectivity index (χ4v) is 2.48. The fraction of sp³-hybridized carbons (Fsp3) is 0.647. The van der Waals surface area contributed by atoms with Gasteiger partial charge < -0.3 is 14.7 Å². The largest absolute Gasteiger partial charge is 0.497 e. The van der Waals surface area contributed by atoms with E-state index >= 15 is 0 Å². The second-order valence-corrected chi connectivity index (χ2v) is 5.28. The Bertz CT molecular complexity index is 776. The third-order valence-electron chi connectivity index (χ3n) is 3.44. The predicted octanol–water partition coefficient (Wildman–Crippen LogP) is 3.04. The zero-order chi connectivity index (χ0) is 23.3. The van der Waals surface area contributed by atoms with Crippen molar-refractivity contribution < 1.29 is 23.6 Å². The van der Waals surface area contributed by atoms with Crippen LogP contribution in [0.5, 0.6) is 5.75 Å². The molecule has 1 aromatic rings. The van der Waals surface area contributed by atoms with Crippen molar-refractivity contribution in [2.24, 2.45) is 0 Å². The Morgan fingerprint density at radius 2 is 2.05 bits per heavy atom. The van der Waals surface area contributed by atoms with Crippen molar-refractivity contribution in [3.05, 3.63) is 29.7 Å². The van der Waals surface area contributed by atoms with E-state index in [1.807, 2.05) is 0 Å². The van der Waals surface area contributed by atoms with E-state index in [-0.39, 0.29) is 12.8 Å². The number of methoxy groups -OCH3 is 1. The first-order valence-electron chi connectivity index (χ1n) is 11.7. The average molecular weight is 287 g/mol. The van der Waals surface area contributed by atoms with Gasteiger partial charge in [-0.3, -0.25) is 0 Å². The number of benzene rings is 1. The van der Waals surface area contributed by atoms with E-state index in [2.05, 4.69) is 4.74 Å². The van der Waals surface area contributed by atoms with Gasteiger partial charge >= 0.3 is 0 Å². The number of hydrogen-bond acceptors (Lipinski definition) is 3. The number of ether oxygens (including phenoxy) is 1. The maximum atomic E-state index is 11.5. The van der Waals surface area contributed by atoms with Crippen LogP contribution in [0.25, 0.3) is 0 Å². The van der Waals surface area contributed by atoms with Gasteiger partial charge in [0.1, 0.15) is 5.75 Å². The summed E-state index contributed by atoms with van der Waals surface area (Å²) in [6.07, 6.45) is 1.92. The highest BCUT2D eigenvalue weighted by atomic mass is 16.5. The second-order valence-electron chi connectivity index (χ2n) is 5.28. The Kier molecular flexibility index (Phi) is 2.24. The molecule has 0 unspecified atom stereocenters. The molecular formula is C17H27NO2. The van der Waals surface area contributed by atoms with Crippen LogP contribution in [0.15, 0.2) is 24.2 Å². The molecule has 0 bridgehead atoms. The lowest BCUT2D eigenvalue weighted by molar-refractivity contribution is -0.0277. The molecule has 1 aliphatic rings. The maximum Gasteiger partial charge on any atom is 0.118 e. The van der Waals surface area contributed by atoms with Crippen molar-refractivity contribution >= 4 is 0 Å². The van der Waals surface area contributed by atoms with E-state index in [1.54, 1.807) is 0 Å². The first kappa shape index (κ1) is 6.80. The molecule has 0 amide bonds. The molecule has 0 heterocycles. The van der Waals surface area contributed by atoms with Crippen molar-refractivity contribution in [3.63, 3.8) is 0 Å². The predicted molar refractivity (Wildman–Crippen MR) is 82.3 cm³/mol. The Balaban J connectivity index is 2.90. The maximum absolute atomic E-state index is 11.5. The van der Waals surface area contributed by atoms with Gasteiger partial charge in [0.2, 0.25) is 0 Å². The standard InChI is InChI=1S/C17H27NO2/c1-18(2)13-16(17(19)11-5-4-6-12-17)14-7-9-15(20-3)10-8-14/h7-10,16,19H,4-6,11-13H2,1-3H3/t16-/m1/s1/i3D3,7D,8D,9D,10D,13D2,16D. The van der Waals surface area contributed by atoms with Crippen LogP contribution in [0.4, 0.5) is 0 Å². The number of hydrogen-bond donors (Lipinski definition) is 1. The molecule has 1 aromatic carbocycles. The molecule has 0 spiro atoms. The minimum absolute atomic E-state index is 0.0525. The molecule has 20 heavy (non-hydrogen) atoms. The lowest BCUT2D eigenvalue weighted by atomic mass is 9.72. The molecule has 0 radical (unpaired) electrons. The second kappa shape index (κ2) is 6.59. The van der Waals surface area contributed by atoms with Gasteiger partial charge in [-0.1, -0.05) is 31.3 Å². The van der Waals surface area contributed by atoms with Gasteiger partial charge in [-0.05, 0) is 44.6 Å². The van der Waals surface area contributed by atoms with Crippen LogP contribution in [0.1, 0.15) is 57.3 Å². The molecule has 1 N–H and O–H groups in total. The van der Waals surface area contributed by atoms with Crippen molar-refractivity contribution in [1.29, 1.82) is 0 Å². The smallest absolute Gasteiger partial charge is 0.118 e. The molecule has 1 atom stereocenters. The van der Waals surface area contributed by atoms with Crippen LogP contribution in [0.3, 0.4) is 0 Å². The number of nitrogens with zero attached hydrogens (tertiary/aromatic N) is 1. The summed E-state index contributed by atoms with van der Waals surface area (Å²) in [5.41, 5.74) is -2.59. The van der Waals surface area contributed by atoms with Crippen LogP contribution < -0.4 is 4.74 Å². The van der Waals surface area contributed by atoms with Crippen molar-refractivity contribution in [1.82, 2.24) is 4.90 Å². The molecule has 1 fully saturated rings. The van der Waals surface area contributed by atoms with E-state index in [1.165, 1.54) is 14.1 Å². The Labute approximate surface area is 136 Å². The molecule has 0 aliphatic heterocycles. The number of likely N-dealkylation sites (N-methyl/N-ethyl adjacent to an activating group) is 1. The van der Waals surface area contributed by atoms with Crippen LogP contribution >= 0.6 is 0 Å². The van der Waals surface area contributed by atoms with E-state index in [4.69, 9.17) is 12.3 Å². The highest BCUT2D eigenvalue weighted by Crippen LogP contribution is 2.40. The monoisotopic (exact) mass is 287 g/mol. The zero-order valence-electron chi connectivity index (χ0n) is 21.8. The summed E-state index contributed by atoms with van der Waals surface area (Å²) >= 11 is 0. The lowest BCUT2D eigenvalue weighted by Crippen LogP contribution is -2.42. The van der Waals surface area contributed by atoms with E-state index in [0.29, 0.717) is 12.8 Å². The van der Waals surface area contributed by atoms with Crippen LogP contribution in [-0.4, -0.2) is 43.2 Å². The summed E-state index contributed by atoms with van der Waals surface area (Å²) in [6.45, 7) is -2.59. The molecule has 2 rings (SSSR count). The van der Waals surface area contributed by atoms with Gasteiger partial charge in [0, 0.05) is 16.5 Å². The molecule has 0 aromatic heterocycles. The third kappa shape index (κ3) is 3.53. The summed E-state index contributed by atoms with van der Waals surface area (Å²) < 4.78 is 85.8. The van der Waals surface area contributed by atoms with Gasteiger partial charge in [-0.2, -0.15) is 0 Å². The normalized spacial score (nSPS) is 30.0. The van der Waals surface area contributed by atoms with Crippen molar-refractivity contribution in [2.75, 3.05) is 27.6 Å². The highest BCUT2D eigenvalue weighted by molar-refractivity contribution is 5.31. The third-order valence-corrected chi connectivity index (χ3v) is 3.44. The summed E-state index contributed by atoms with van der Waals surface area (Å²) in [5.74, 6) is -3.40. The minimum atomic E-state index is -3.02. The topological polar surface area (TPSA) is 32.7 Å². The van der Waals surface area contributed by atoms with E-state index < -0.39 is 60.5 Å². The lowest BCUT2D eigenvalue weighted by Gasteiger charge is -2.40. The molecule has 1 saturated carbocycles. The van der Waals surface area contributed by atoms with Gasteiger partial charge in [0.05, 0.1) is 22.2 Å². The first-order chi connectivity index (χ1) is 13.5. The molecule has 3 nitrogen and oxygen atoms in total. The number of aliphatic hydroxyl groups is 1. The quantitative estimate of drug-likeness (QED) is 0.903. The van der Waals surface area contributed by atoms with E-state index in [0.717, 1.165) is 11.3 Å². The van der Waals surface area contributed by atoms with Gasteiger partial charge in [0.25, 0.3) is 0 Å². The Morgan fingerprint density at radius 1 is 1.40 bits per heavy atom. The number of rotatable bonds is 5. The van der Waals surface area contributed by atoms with Crippen LogP contribution in [-0.2, 0) is 0 Å². The SMILES string of the molecule is [2H]c1c([2H])c([C@]([2H])(C2(O)CCCCC2)C([2H])([2H])N(C)C)c([2H])c([2H])c1OC([2H])([2H])[2H]. The average Bonchev–Trinajstić information content (AvgIpc) is 2.63. The minimum Gasteiger partial charge on any atom is -0.497 e. The summed E-state index contributed by atoms with van der Waals surface area (Å²) in [5, 5.41) is 11.5. The van der Waals surface area contributed by atoms with Crippen LogP contribution in [0.2, 0.25) is 0 Å². The molecule has 112 valence electrons. The van der Waals surface area contributed by atoms with E-state index in [9.17, 15) is 6.48 Å². The molecule has 0 saturated heterocycles. The van der Waals surface area contributed by atoms with Gasteiger partial charge in [0.15, 0.2) is 0 Å². The molecule has 3 heteroatoms. The highest BCUT2D eigenvalue weighted by Gasteiger charge is 2.38. The first-order valence-corrected chi connectivity index (χ1v) is 6.71. The summed E-state index contributed by atoms with van der Waals surface area (Å²) in [7, 11) is -0.306. The summed E-state index contributed by atoms with van der Waals surface area (Å²) in [6, 6.07) is -3.30. The van der Waals surface area contributed by atoms with Crippen molar-refractivity contribution in [2.45, 2.75) is 43.6 Å². The Morgan fingerprint density at radius 3 is 2.60 bits per heavy atom. The van der Waals surface area contributed by atoms with Crippen LogP contribution in [0, 0.1) is 0 Å². The fourth-order valence-electron chi connectivity index (χ4n) is 2.48. The Hall–Kier alpha value is -1.06. The molecular weight excluding hydrogens is 250 g/mol. The zero-order valence-corrected chi connectivity index (χ0v) is 11.8.